The number of likely N-dealkylation sites (tertiary alicyclic amines) is 1. The average molecular weight is 345 g/mol. The van der Waals surface area contributed by atoms with Crippen LogP contribution in [0.25, 0.3) is 0 Å². The van der Waals surface area contributed by atoms with Gasteiger partial charge in [0, 0.05) is 38.3 Å². The lowest BCUT2D eigenvalue weighted by molar-refractivity contribution is 0.206. The summed E-state index contributed by atoms with van der Waals surface area (Å²) in [7, 11) is 1.82. The molecular weight excluding hydrogens is 312 g/mol. The van der Waals surface area contributed by atoms with E-state index in [1.54, 1.807) is 6.08 Å². The summed E-state index contributed by atoms with van der Waals surface area (Å²) in [6, 6.07) is 8.56. The second kappa shape index (κ2) is 10.8. The van der Waals surface area contributed by atoms with Gasteiger partial charge in [-0.1, -0.05) is 37.8 Å². The van der Waals surface area contributed by atoms with Crippen LogP contribution in [0.3, 0.4) is 0 Å². The van der Waals surface area contributed by atoms with E-state index in [9.17, 15) is 0 Å². The van der Waals surface area contributed by atoms with Gasteiger partial charge in [0.15, 0.2) is 5.96 Å². The number of ether oxygens (including phenoxy) is 1. The highest BCUT2D eigenvalue weighted by Gasteiger charge is 2.19. The van der Waals surface area contributed by atoms with Gasteiger partial charge in [-0.05, 0) is 31.9 Å². The second-order valence-electron chi connectivity index (χ2n) is 6.39. The quantitative estimate of drug-likeness (QED) is 0.432. The molecule has 138 valence electrons. The maximum absolute atomic E-state index is 5.71. The van der Waals surface area contributed by atoms with Crippen molar-refractivity contribution >= 4 is 5.96 Å². The molecule has 1 fully saturated rings. The number of nitrogens with one attached hydrogen (secondary N) is 2. The molecular formula is C20H32N4O. The minimum atomic E-state index is 0.492. The van der Waals surface area contributed by atoms with Crippen molar-refractivity contribution in [1.82, 2.24) is 15.5 Å². The molecule has 0 amide bonds. The third-order valence-electron chi connectivity index (χ3n) is 4.47. The van der Waals surface area contributed by atoms with E-state index in [2.05, 4.69) is 40.1 Å². The van der Waals surface area contributed by atoms with Crippen LogP contribution in [0.5, 0.6) is 5.75 Å². The summed E-state index contributed by atoms with van der Waals surface area (Å²) in [6.45, 7) is 10.7. The van der Waals surface area contributed by atoms with Gasteiger partial charge in [0.2, 0.25) is 0 Å². The lowest BCUT2D eigenvalue weighted by Gasteiger charge is -2.32. The van der Waals surface area contributed by atoms with Crippen molar-refractivity contribution in [3.8, 4) is 5.75 Å². The van der Waals surface area contributed by atoms with Crippen LogP contribution in [0, 0.1) is 0 Å². The van der Waals surface area contributed by atoms with Crippen LogP contribution in [-0.2, 0) is 6.54 Å². The smallest absolute Gasteiger partial charge is 0.191 e. The van der Waals surface area contributed by atoms with Gasteiger partial charge in [-0.15, -0.1) is 0 Å². The zero-order valence-corrected chi connectivity index (χ0v) is 15.6. The standard InChI is InChI=1S/C20H32N4O/c1-4-12-24-13-10-18(11-14-24)23-20(21-3)22-16-17-8-6-7-9-19(17)25-15-5-2/h5-9,18H,2,4,10-16H2,1,3H3,(H2,21,22,23). The first-order chi connectivity index (χ1) is 12.3. The molecule has 1 heterocycles. The van der Waals surface area contributed by atoms with Crippen LogP contribution < -0.4 is 15.4 Å². The molecule has 1 aliphatic heterocycles. The Kier molecular flexibility index (Phi) is 8.32. The Balaban J connectivity index is 1.82. The van der Waals surface area contributed by atoms with Gasteiger partial charge in [-0.3, -0.25) is 4.99 Å². The summed E-state index contributed by atoms with van der Waals surface area (Å²) in [6.07, 6.45) is 5.32. The molecule has 2 rings (SSSR count). The van der Waals surface area contributed by atoms with Crippen LogP contribution >= 0.6 is 0 Å². The fraction of sp³-hybridized carbons (Fsp3) is 0.550. The first-order valence-corrected chi connectivity index (χ1v) is 9.28. The van der Waals surface area contributed by atoms with E-state index in [4.69, 9.17) is 4.74 Å². The second-order valence-corrected chi connectivity index (χ2v) is 6.39. The van der Waals surface area contributed by atoms with Gasteiger partial charge >= 0.3 is 0 Å². The highest BCUT2D eigenvalue weighted by atomic mass is 16.5. The number of piperidine rings is 1. The number of hydrogen-bond acceptors (Lipinski definition) is 3. The average Bonchev–Trinajstić information content (AvgIpc) is 2.65. The predicted molar refractivity (Wildman–Crippen MR) is 105 cm³/mol. The molecule has 5 heteroatoms. The van der Waals surface area contributed by atoms with Crippen molar-refractivity contribution in [2.45, 2.75) is 38.8 Å². The van der Waals surface area contributed by atoms with Gasteiger partial charge in [-0.2, -0.15) is 0 Å². The molecule has 1 aromatic rings. The third kappa shape index (κ3) is 6.42. The summed E-state index contributed by atoms with van der Waals surface area (Å²) in [4.78, 5) is 6.91. The van der Waals surface area contributed by atoms with E-state index >= 15 is 0 Å². The molecule has 1 aliphatic rings. The highest BCUT2D eigenvalue weighted by Crippen LogP contribution is 2.17. The largest absolute Gasteiger partial charge is 0.489 e. The fourth-order valence-corrected chi connectivity index (χ4v) is 3.12. The zero-order valence-electron chi connectivity index (χ0n) is 15.6. The summed E-state index contributed by atoms with van der Waals surface area (Å²) in [5.41, 5.74) is 1.12. The van der Waals surface area contributed by atoms with Crippen molar-refractivity contribution in [2.24, 2.45) is 4.99 Å². The Labute approximate surface area is 152 Å². The normalized spacial score (nSPS) is 16.5. The number of benzene rings is 1. The molecule has 0 saturated carbocycles. The number of hydrogen-bond donors (Lipinski definition) is 2. The lowest BCUT2D eigenvalue weighted by Crippen LogP contribution is -2.48. The topological polar surface area (TPSA) is 48.9 Å². The van der Waals surface area contributed by atoms with Crippen molar-refractivity contribution in [3.63, 3.8) is 0 Å². The molecule has 5 nitrogen and oxygen atoms in total. The number of rotatable bonds is 8. The molecule has 25 heavy (non-hydrogen) atoms. The van der Waals surface area contributed by atoms with E-state index < -0.39 is 0 Å². The molecule has 0 aromatic heterocycles. The summed E-state index contributed by atoms with van der Waals surface area (Å²) < 4.78 is 5.71. The van der Waals surface area contributed by atoms with Gasteiger partial charge in [0.1, 0.15) is 12.4 Å². The van der Waals surface area contributed by atoms with Crippen molar-refractivity contribution in [1.29, 1.82) is 0 Å². The Morgan fingerprint density at radius 3 is 2.80 bits per heavy atom. The van der Waals surface area contributed by atoms with E-state index in [-0.39, 0.29) is 0 Å². The summed E-state index contributed by atoms with van der Waals surface area (Å²) in [5, 5.41) is 6.96. The first kappa shape index (κ1) is 19.3. The number of guanidine groups is 1. The zero-order chi connectivity index (χ0) is 17.9. The SMILES string of the molecule is C=CCOc1ccccc1CNC(=NC)NC1CCN(CCC)CC1. The van der Waals surface area contributed by atoms with Crippen LogP contribution in [0.4, 0.5) is 0 Å². The van der Waals surface area contributed by atoms with Crippen LogP contribution in [-0.4, -0.2) is 50.2 Å². The fourth-order valence-electron chi connectivity index (χ4n) is 3.12. The maximum atomic E-state index is 5.71. The Morgan fingerprint density at radius 1 is 1.36 bits per heavy atom. The maximum Gasteiger partial charge on any atom is 0.191 e. The molecule has 1 aromatic carbocycles. The Morgan fingerprint density at radius 2 is 2.12 bits per heavy atom. The van der Waals surface area contributed by atoms with E-state index in [1.165, 1.54) is 38.9 Å². The van der Waals surface area contributed by atoms with Crippen LogP contribution in [0.1, 0.15) is 31.7 Å². The molecule has 2 N–H and O–H groups in total. The third-order valence-corrected chi connectivity index (χ3v) is 4.47. The predicted octanol–water partition coefficient (Wildman–Crippen LogP) is 2.79. The molecule has 0 radical (unpaired) electrons. The van der Waals surface area contributed by atoms with Gasteiger partial charge < -0.3 is 20.3 Å². The molecule has 0 unspecified atom stereocenters. The molecule has 0 aliphatic carbocycles. The van der Waals surface area contributed by atoms with Crippen LogP contribution in [0.2, 0.25) is 0 Å². The molecule has 1 saturated heterocycles. The first-order valence-electron chi connectivity index (χ1n) is 9.28. The lowest BCUT2D eigenvalue weighted by atomic mass is 10.1. The van der Waals surface area contributed by atoms with E-state index in [0.29, 0.717) is 19.2 Å². The Hall–Kier alpha value is -2.01. The number of para-hydroxylation sites is 1. The number of aliphatic imine (C=N–C) groups is 1. The van der Waals surface area contributed by atoms with E-state index in [1.807, 2.05) is 25.2 Å². The molecule has 0 atom stereocenters. The van der Waals surface area contributed by atoms with Crippen molar-refractivity contribution in [3.05, 3.63) is 42.5 Å². The van der Waals surface area contributed by atoms with Gasteiger partial charge in [-0.25, -0.2) is 0 Å². The highest BCUT2D eigenvalue weighted by molar-refractivity contribution is 5.80. The number of nitrogens with zero attached hydrogens (tertiary/aromatic N) is 2. The van der Waals surface area contributed by atoms with Crippen LogP contribution in [0.15, 0.2) is 41.9 Å². The Bertz CT molecular complexity index is 550. The van der Waals surface area contributed by atoms with Gasteiger partial charge in [0.05, 0.1) is 0 Å². The minimum Gasteiger partial charge on any atom is -0.489 e. The van der Waals surface area contributed by atoms with Crippen molar-refractivity contribution in [2.75, 3.05) is 33.3 Å². The van der Waals surface area contributed by atoms with E-state index in [0.717, 1.165) is 17.3 Å². The monoisotopic (exact) mass is 344 g/mol. The summed E-state index contributed by atoms with van der Waals surface area (Å²) in [5.74, 6) is 1.74. The van der Waals surface area contributed by atoms with Gasteiger partial charge in [0.25, 0.3) is 0 Å². The molecule has 0 spiro atoms. The molecule has 0 bridgehead atoms. The summed E-state index contributed by atoms with van der Waals surface area (Å²) >= 11 is 0. The minimum absolute atomic E-state index is 0.492. The van der Waals surface area contributed by atoms with Crippen molar-refractivity contribution < 1.29 is 4.74 Å².